The predicted molar refractivity (Wildman–Crippen MR) is 147 cm³/mol. The van der Waals surface area contributed by atoms with E-state index in [1.54, 1.807) is 18.2 Å². The number of hydrogen-bond acceptors (Lipinski definition) is 7. The van der Waals surface area contributed by atoms with Crippen molar-refractivity contribution in [3.05, 3.63) is 34.8 Å². The van der Waals surface area contributed by atoms with Crippen molar-refractivity contribution in [2.24, 2.45) is 0 Å². The molecule has 0 N–H and O–H groups in total. The van der Waals surface area contributed by atoms with Crippen molar-refractivity contribution in [1.82, 2.24) is 19.8 Å². The van der Waals surface area contributed by atoms with Crippen molar-refractivity contribution in [1.29, 1.82) is 0 Å². The molecule has 8 nitrogen and oxygen atoms in total. The van der Waals surface area contributed by atoms with Gasteiger partial charge in [-0.25, -0.2) is 13.6 Å². The van der Waals surface area contributed by atoms with Crippen molar-refractivity contribution < 1.29 is 23.0 Å². The average Bonchev–Trinajstić information content (AvgIpc) is 3.52. The summed E-state index contributed by atoms with van der Waals surface area (Å²) in [4.78, 5) is 28.1. The molecule has 1 aromatic carbocycles. The maximum Gasteiger partial charge on any atom is 0.410 e. The number of carbonyl (C=O) groups excluding carboxylic acids is 1. The van der Waals surface area contributed by atoms with Gasteiger partial charge in [0.2, 0.25) is 0 Å². The molecule has 39 heavy (non-hydrogen) atoms. The monoisotopic (exact) mass is 605 g/mol. The number of nitrogens with zero attached hydrogens (tertiary/aromatic N) is 5. The number of rotatable bonds is 4. The van der Waals surface area contributed by atoms with E-state index >= 15 is 4.39 Å². The van der Waals surface area contributed by atoms with E-state index in [2.05, 4.69) is 35.7 Å². The van der Waals surface area contributed by atoms with Gasteiger partial charge in [-0.15, -0.1) is 0 Å². The summed E-state index contributed by atoms with van der Waals surface area (Å²) in [5.74, 6) is 0.0549. The Hall–Kier alpha value is -2.53. The number of benzene rings is 1. The van der Waals surface area contributed by atoms with Crippen LogP contribution in [0.1, 0.15) is 52.9 Å². The molecule has 5 heterocycles. The highest BCUT2D eigenvalue weighted by Crippen LogP contribution is 2.38. The SMILES string of the molecule is CC(C)(C)OC(=O)N1C2CCC1CN(c1nc(O/C=C/C3[C@H](F)CC4CCCN43)nc3c(F)c(Br)ccc13)C2. The lowest BCUT2D eigenvalue weighted by atomic mass is 10.1. The van der Waals surface area contributed by atoms with E-state index in [1.165, 1.54) is 6.26 Å². The van der Waals surface area contributed by atoms with E-state index < -0.39 is 17.6 Å². The number of aromatic nitrogens is 2. The second-order valence-corrected chi connectivity index (χ2v) is 12.8. The molecular weight excluding hydrogens is 572 g/mol. The zero-order chi connectivity index (χ0) is 27.5. The van der Waals surface area contributed by atoms with E-state index in [0.29, 0.717) is 41.2 Å². The first-order valence-electron chi connectivity index (χ1n) is 13.7. The Labute approximate surface area is 235 Å². The van der Waals surface area contributed by atoms with Gasteiger partial charge in [0.1, 0.15) is 23.1 Å². The van der Waals surface area contributed by atoms with Crippen LogP contribution in [0, 0.1) is 5.82 Å². The topological polar surface area (TPSA) is 71.0 Å². The van der Waals surface area contributed by atoms with Gasteiger partial charge in [0.15, 0.2) is 5.82 Å². The summed E-state index contributed by atoms with van der Waals surface area (Å²) in [6.07, 6.45) is 6.29. The fourth-order valence-corrected chi connectivity index (χ4v) is 6.93. The Morgan fingerprint density at radius 3 is 2.59 bits per heavy atom. The fourth-order valence-electron chi connectivity index (χ4n) is 6.61. The molecule has 210 valence electrons. The van der Waals surface area contributed by atoms with Crippen LogP contribution in [0.4, 0.5) is 19.4 Å². The third-order valence-electron chi connectivity index (χ3n) is 8.23. The Balaban J connectivity index is 1.27. The minimum absolute atomic E-state index is 0.000883. The minimum atomic E-state index is -0.937. The van der Waals surface area contributed by atoms with E-state index in [1.807, 2.05) is 25.7 Å². The summed E-state index contributed by atoms with van der Waals surface area (Å²) in [6.45, 7) is 7.55. The first-order chi connectivity index (χ1) is 18.6. The molecule has 11 heteroatoms. The van der Waals surface area contributed by atoms with Gasteiger partial charge in [0.05, 0.1) is 28.9 Å². The number of halogens is 3. The molecule has 0 radical (unpaired) electrons. The molecule has 1 amide bonds. The number of alkyl halides is 1. The molecule has 5 atom stereocenters. The van der Waals surface area contributed by atoms with Crippen LogP contribution in [-0.2, 0) is 4.74 Å². The van der Waals surface area contributed by atoms with Gasteiger partial charge < -0.3 is 14.4 Å². The van der Waals surface area contributed by atoms with Gasteiger partial charge in [0.25, 0.3) is 0 Å². The quantitative estimate of drug-likeness (QED) is 0.421. The number of anilines is 1. The van der Waals surface area contributed by atoms with E-state index in [0.717, 1.165) is 32.2 Å². The van der Waals surface area contributed by atoms with Gasteiger partial charge in [0, 0.05) is 24.5 Å². The van der Waals surface area contributed by atoms with Crippen LogP contribution in [0.25, 0.3) is 10.9 Å². The van der Waals surface area contributed by atoms with Gasteiger partial charge in [-0.2, -0.15) is 9.97 Å². The maximum absolute atomic E-state index is 15.2. The summed E-state index contributed by atoms with van der Waals surface area (Å²) in [6, 6.07) is 3.32. The molecule has 4 aliphatic heterocycles. The minimum Gasteiger partial charge on any atom is -0.444 e. The lowest BCUT2D eigenvalue weighted by Gasteiger charge is -2.42. The number of hydrogen-bond donors (Lipinski definition) is 0. The van der Waals surface area contributed by atoms with Crippen LogP contribution in [0.2, 0.25) is 0 Å². The van der Waals surface area contributed by atoms with Crippen molar-refractivity contribution >= 4 is 38.7 Å². The number of amides is 1. The molecule has 2 bridgehead atoms. The third kappa shape index (κ3) is 5.08. The summed E-state index contributed by atoms with van der Waals surface area (Å²) in [5.41, 5.74) is -0.430. The van der Waals surface area contributed by atoms with Crippen molar-refractivity contribution in [2.45, 2.75) is 88.8 Å². The van der Waals surface area contributed by atoms with Crippen LogP contribution >= 0.6 is 15.9 Å². The Morgan fingerprint density at radius 2 is 1.87 bits per heavy atom. The summed E-state index contributed by atoms with van der Waals surface area (Å²) >= 11 is 3.26. The highest BCUT2D eigenvalue weighted by atomic mass is 79.9. The number of carbonyl (C=O) groups is 1. The van der Waals surface area contributed by atoms with Crippen LogP contribution in [0.3, 0.4) is 0 Å². The van der Waals surface area contributed by atoms with Gasteiger partial charge in [-0.05, 0) is 93.6 Å². The molecule has 0 spiro atoms. The van der Waals surface area contributed by atoms with E-state index in [9.17, 15) is 9.18 Å². The first kappa shape index (κ1) is 26.7. The van der Waals surface area contributed by atoms with Crippen LogP contribution in [0.5, 0.6) is 6.01 Å². The number of fused-ring (bicyclic) bond motifs is 4. The number of piperazine rings is 1. The van der Waals surface area contributed by atoms with Crippen molar-refractivity contribution in [3.8, 4) is 6.01 Å². The lowest BCUT2D eigenvalue weighted by Crippen LogP contribution is -2.57. The molecule has 2 aromatic rings. The molecule has 4 saturated heterocycles. The summed E-state index contributed by atoms with van der Waals surface area (Å²) in [5, 5.41) is 0.566. The summed E-state index contributed by atoms with van der Waals surface area (Å²) < 4.78 is 41.6. The lowest BCUT2D eigenvalue weighted by molar-refractivity contribution is 0.0123. The molecule has 0 aliphatic carbocycles. The van der Waals surface area contributed by atoms with Gasteiger partial charge in [-0.3, -0.25) is 9.80 Å². The second kappa shape index (κ2) is 10.1. The van der Waals surface area contributed by atoms with E-state index in [-0.39, 0.29) is 35.7 Å². The normalized spacial score (nSPS) is 29.0. The molecule has 4 unspecified atom stereocenters. The molecular formula is C28H34BrF2N5O3. The first-order valence-corrected chi connectivity index (χ1v) is 14.5. The van der Waals surface area contributed by atoms with Crippen molar-refractivity contribution in [2.75, 3.05) is 24.5 Å². The zero-order valence-corrected chi connectivity index (χ0v) is 24.0. The predicted octanol–water partition coefficient (Wildman–Crippen LogP) is 5.59. The molecule has 4 aliphatic rings. The molecule has 4 fully saturated rings. The Bertz CT molecular complexity index is 1290. The van der Waals surface area contributed by atoms with E-state index in [4.69, 9.17) is 9.47 Å². The van der Waals surface area contributed by atoms with Gasteiger partial charge >= 0.3 is 12.1 Å². The standard InChI is InChI=1S/C28H34BrF2N5O3/c1-28(2,3)39-27(37)36-17-6-7-18(36)15-34(14-17)25-19-8-9-20(29)23(31)24(19)32-26(33-25)38-12-10-22-21(30)13-16-5-4-11-35(16)22/h8-10,12,16-18,21-22H,4-7,11,13-15H2,1-3H3/b12-10+/t16?,17?,18?,21-,22?/m1/s1. The third-order valence-corrected chi connectivity index (χ3v) is 8.84. The second-order valence-electron chi connectivity index (χ2n) is 12.0. The van der Waals surface area contributed by atoms with Gasteiger partial charge in [-0.1, -0.05) is 0 Å². The Kier molecular flexibility index (Phi) is 6.94. The molecule has 6 rings (SSSR count). The van der Waals surface area contributed by atoms with Crippen LogP contribution in [-0.4, -0.2) is 81.4 Å². The Morgan fingerprint density at radius 1 is 1.13 bits per heavy atom. The fraction of sp³-hybridized carbons (Fsp3) is 0.607. The highest BCUT2D eigenvalue weighted by molar-refractivity contribution is 9.10. The highest BCUT2D eigenvalue weighted by Gasteiger charge is 2.45. The smallest absolute Gasteiger partial charge is 0.410 e. The zero-order valence-electron chi connectivity index (χ0n) is 22.4. The number of ether oxygens (including phenoxy) is 2. The average molecular weight is 607 g/mol. The maximum atomic E-state index is 15.2. The van der Waals surface area contributed by atoms with Crippen LogP contribution in [0.15, 0.2) is 28.9 Å². The largest absolute Gasteiger partial charge is 0.444 e. The molecule has 1 aromatic heterocycles. The van der Waals surface area contributed by atoms with Crippen molar-refractivity contribution in [3.63, 3.8) is 0 Å². The summed E-state index contributed by atoms with van der Waals surface area (Å²) in [7, 11) is 0. The molecule has 0 saturated carbocycles. The van der Waals surface area contributed by atoms with Crippen LogP contribution < -0.4 is 9.64 Å².